The molecule has 1 atom stereocenters. The Morgan fingerprint density at radius 2 is 2.00 bits per heavy atom. The van der Waals surface area contributed by atoms with Gasteiger partial charge in [-0.15, -0.1) is 11.3 Å². The number of hydrogen-bond acceptors (Lipinski definition) is 4. The van der Waals surface area contributed by atoms with Crippen molar-refractivity contribution in [3.05, 3.63) is 45.6 Å². The van der Waals surface area contributed by atoms with E-state index in [0.29, 0.717) is 12.3 Å². The first-order valence-corrected chi connectivity index (χ1v) is 7.88. The first-order chi connectivity index (χ1) is 10.1. The number of anilines is 2. The molecular formula is C15H17ClN2O2S. The largest absolute Gasteiger partial charge is 0.450 e. The molecule has 21 heavy (non-hydrogen) atoms. The number of nitrogens with one attached hydrogen (secondary N) is 2. The van der Waals surface area contributed by atoms with Crippen LogP contribution in [-0.2, 0) is 4.74 Å². The maximum absolute atomic E-state index is 11.3. The molecule has 6 heteroatoms. The minimum atomic E-state index is -0.445. The van der Waals surface area contributed by atoms with Gasteiger partial charge in [0.2, 0.25) is 0 Å². The first-order valence-electron chi connectivity index (χ1n) is 6.62. The number of amides is 1. The normalized spacial score (nSPS) is 11.8. The van der Waals surface area contributed by atoms with Crippen molar-refractivity contribution in [1.29, 1.82) is 0 Å². The number of rotatable bonds is 5. The second-order valence-electron chi connectivity index (χ2n) is 4.47. The Balaban J connectivity index is 1.94. The lowest BCUT2D eigenvalue weighted by molar-refractivity contribution is 0.168. The summed E-state index contributed by atoms with van der Waals surface area (Å²) in [6, 6.07) is 9.59. The zero-order valence-corrected chi connectivity index (χ0v) is 13.4. The van der Waals surface area contributed by atoms with Crippen LogP contribution < -0.4 is 10.6 Å². The van der Waals surface area contributed by atoms with Crippen LogP contribution in [0, 0.1) is 0 Å². The van der Waals surface area contributed by atoms with E-state index in [2.05, 4.69) is 17.6 Å². The lowest BCUT2D eigenvalue weighted by atomic mass is 10.1. The molecule has 2 N–H and O–H groups in total. The van der Waals surface area contributed by atoms with Crippen molar-refractivity contribution >= 4 is 40.4 Å². The summed E-state index contributed by atoms with van der Waals surface area (Å²) in [5, 5.41) is 8.07. The van der Waals surface area contributed by atoms with Crippen LogP contribution in [0.25, 0.3) is 0 Å². The van der Waals surface area contributed by atoms with E-state index in [-0.39, 0.29) is 6.04 Å². The Labute approximate surface area is 133 Å². The van der Waals surface area contributed by atoms with Gasteiger partial charge >= 0.3 is 6.09 Å². The molecule has 1 amide bonds. The molecule has 1 aromatic heterocycles. The van der Waals surface area contributed by atoms with Crippen molar-refractivity contribution in [3.8, 4) is 0 Å². The SMILES string of the molecule is CCOC(=O)Nc1ccc(NC(C)c2csc(Cl)c2)cc1. The number of hydrogen-bond donors (Lipinski definition) is 2. The van der Waals surface area contributed by atoms with Crippen molar-refractivity contribution in [3.63, 3.8) is 0 Å². The van der Waals surface area contributed by atoms with E-state index in [1.165, 1.54) is 11.3 Å². The summed E-state index contributed by atoms with van der Waals surface area (Å²) in [7, 11) is 0. The minimum absolute atomic E-state index is 0.164. The molecular weight excluding hydrogens is 308 g/mol. The molecule has 0 radical (unpaired) electrons. The Bertz CT molecular complexity index is 598. The second-order valence-corrected chi connectivity index (χ2v) is 6.02. The third-order valence-corrected chi connectivity index (χ3v) is 3.99. The van der Waals surface area contributed by atoms with E-state index < -0.39 is 6.09 Å². The van der Waals surface area contributed by atoms with Gasteiger partial charge < -0.3 is 10.1 Å². The molecule has 0 fully saturated rings. The van der Waals surface area contributed by atoms with Gasteiger partial charge in [0.25, 0.3) is 0 Å². The Kier molecular flexibility index (Phi) is 5.47. The minimum Gasteiger partial charge on any atom is -0.450 e. The predicted octanol–water partition coefficient (Wildman–Crippen LogP) is 5.14. The highest BCUT2D eigenvalue weighted by molar-refractivity contribution is 7.14. The maximum atomic E-state index is 11.3. The Hall–Kier alpha value is -1.72. The quantitative estimate of drug-likeness (QED) is 0.800. The molecule has 2 aromatic rings. The molecule has 4 nitrogen and oxygen atoms in total. The smallest absolute Gasteiger partial charge is 0.411 e. The number of thiophene rings is 1. The highest BCUT2D eigenvalue weighted by atomic mass is 35.5. The molecule has 0 spiro atoms. The van der Waals surface area contributed by atoms with Crippen LogP contribution in [0.5, 0.6) is 0 Å². The summed E-state index contributed by atoms with van der Waals surface area (Å²) in [4.78, 5) is 11.3. The molecule has 0 saturated heterocycles. The zero-order chi connectivity index (χ0) is 15.2. The van der Waals surface area contributed by atoms with Gasteiger partial charge in [0.1, 0.15) is 0 Å². The topological polar surface area (TPSA) is 50.4 Å². The van der Waals surface area contributed by atoms with Crippen LogP contribution in [0.15, 0.2) is 35.7 Å². The fraction of sp³-hybridized carbons (Fsp3) is 0.267. The van der Waals surface area contributed by atoms with Gasteiger partial charge in [-0.2, -0.15) is 0 Å². The van der Waals surface area contributed by atoms with E-state index in [1.54, 1.807) is 6.92 Å². The number of halogens is 1. The summed E-state index contributed by atoms with van der Waals surface area (Å²) < 4.78 is 5.61. The van der Waals surface area contributed by atoms with E-state index in [1.807, 2.05) is 35.7 Å². The molecule has 0 aliphatic rings. The van der Waals surface area contributed by atoms with Crippen LogP contribution in [0.3, 0.4) is 0 Å². The molecule has 1 aromatic carbocycles. The average Bonchev–Trinajstić information content (AvgIpc) is 2.88. The highest BCUT2D eigenvalue weighted by Gasteiger charge is 2.08. The summed E-state index contributed by atoms with van der Waals surface area (Å²) >= 11 is 7.46. The second kappa shape index (κ2) is 7.33. The predicted molar refractivity (Wildman–Crippen MR) is 88.5 cm³/mol. The van der Waals surface area contributed by atoms with Crippen molar-refractivity contribution in [2.45, 2.75) is 19.9 Å². The average molecular weight is 325 g/mol. The molecule has 0 bridgehead atoms. The van der Waals surface area contributed by atoms with Gasteiger partial charge in [0, 0.05) is 17.4 Å². The van der Waals surface area contributed by atoms with Crippen molar-refractivity contribution in [2.24, 2.45) is 0 Å². The van der Waals surface area contributed by atoms with Crippen molar-refractivity contribution in [1.82, 2.24) is 0 Å². The summed E-state index contributed by atoms with van der Waals surface area (Å²) in [6.07, 6.45) is -0.445. The summed E-state index contributed by atoms with van der Waals surface area (Å²) in [6.45, 7) is 4.19. The third kappa shape index (κ3) is 4.65. The molecule has 0 aliphatic carbocycles. The van der Waals surface area contributed by atoms with Gasteiger partial charge in [0.05, 0.1) is 10.9 Å². The van der Waals surface area contributed by atoms with Crippen LogP contribution in [0.2, 0.25) is 4.34 Å². The van der Waals surface area contributed by atoms with Crippen LogP contribution in [-0.4, -0.2) is 12.7 Å². The number of carbonyl (C=O) groups is 1. The zero-order valence-electron chi connectivity index (χ0n) is 11.9. The Morgan fingerprint density at radius 1 is 1.33 bits per heavy atom. The summed E-state index contributed by atoms with van der Waals surface area (Å²) in [5.74, 6) is 0. The molecule has 2 rings (SSSR count). The number of ether oxygens (including phenoxy) is 1. The van der Waals surface area contributed by atoms with Gasteiger partial charge in [-0.25, -0.2) is 4.79 Å². The monoisotopic (exact) mass is 324 g/mol. The third-order valence-electron chi connectivity index (χ3n) is 2.88. The fourth-order valence-corrected chi connectivity index (χ4v) is 2.80. The van der Waals surface area contributed by atoms with Gasteiger partial charge in [-0.3, -0.25) is 5.32 Å². The molecule has 0 aliphatic heterocycles. The lowest BCUT2D eigenvalue weighted by Gasteiger charge is -2.14. The van der Waals surface area contributed by atoms with E-state index in [9.17, 15) is 4.79 Å². The van der Waals surface area contributed by atoms with Crippen LogP contribution >= 0.6 is 22.9 Å². The van der Waals surface area contributed by atoms with Crippen LogP contribution in [0.1, 0.15) is 25.5 Å². The number of benzene rings is 1. The lowest BCUT2D eigenvalue weighted by Crippen LogP contribution is -2.13. The fourth-order valence-electron chi connectivity index (χ4n) is 1.82. The van der Waals surface area contributed by atoms with Gasteiger partial charge in [0.15, 0.2) is 0 Å². The van der Waals surface area contributed by atoms with Crippen LogP contribution in [0.4, 0.5) is 16.2 Å². The van der Waals surface area contributed by atoms with Gasteiger partial charge in [-0.05, 0) is 55.1 Å². The molecule has 1 unspecified atom stereocenters. The number of carbonyl (C=O) groups excluding carboxylic acids is 1. The maximum Gasteiger partial charge on any atom is 0.411 e. The standard InChI is InChI=1S/C15H17ClN2O2S/c1-3-20-15(19)18-13-6-4-12(5-7-13)17-10(2)11-8-14(16)21-9-11/h4-10,17H,3H2,1-2H3,(H,18,19). The molecule has 0 saturated carbocycles. The Morgan fingerprint density at radius 3 is 2.57 bits per heavy atom. The first kappa shape index (κ1) is 15.7. The van der Waals surface area contributed by atoms with Gasteiger partial charge in [-0.1, -0.05) is 11.6 Å². The molecule has 112 valence electrons. The van der Waals surface area contributed by atoms with E-state index in [0.717, 1.165) is 15.6 Å². The van der Waals surface area contributed by atoms with E-state index in [4.69, 9.17) is 16.3 Å². The van der Waals surface area contributed by atoms with Crippen molar-refractivity contribution < 1.29 is 9.53 Å². The van der Waals surface area contributed by atoms with E-state index >= 15 is 0 Å². The molecule has 1 heterocycles. The summed E-state index contributed by atoms with van der Waals surface area (Å²) in [5.41, 5.74) is 2.82. The van der Waals surface area contributed by atoms with Crippen molar-refractivity contribution in [2.75, 3.05) is 17.2 Å². The highest BCUT2D eigenvalue weighted by Crippen LogP contribution is 2.27.